The summed E-state index contributed by atoms with van der Waals surface area (Å²) in [6.45, 7) is -0.0172. The highest BCUT2D eigenvalue weighted by atomic mass is 35.5. The van der Waals surface area contributed by atoms with E-state index in [1.165, 1.54) is 29.7 Å². The molecule has 3 rings (SSSR count). The molecule has 0 spiro atoms. The summed E-state index contributed by atoms with van der Waals surface area (Å²) in [6, 6.07) is 2.67. The summed E-state index contributed by atoms with van der Waals surface area (Å²) in [4.78, 5) is 41.5. The molecule has 3 aromatic rings. The Bertz CT molecular complexity index is 1050. The van der Waals surface area contributed by atoms with Crippen molar-refractivity contribution in [1.82, 2.24) is 15.3 Å². The van der Waals surface area contributed by atoms with Crippen molar-refractivity contribution in [2.75, 3.05) is 0 Å². The SMILES string of the molecule is O=C(NCc1c(Cl)c(Cl)cc2cc(C(=O)O)c(=O)[nH]c12)c1nccs1. The maximum atomic E-state index is 12.0. The Morgan fingerprint density at radius 3 is 2.72 bits per heavy atom. The maximum absolute atomic E-state index is 12.0. The number of carbonyl (C=O) groups is 2. The summed E-state index contributed by atoms with van der Waals surface area (Å²) < 4.78 is 0. The Morgan fingerprint density at radius 1 is 1.32 bits per heavy atom. The number of nitrogens with one attached hydrogen (secondary N) is 2. The molecule has 0 saturated carbocycles. The molecule has 0 aliphatic carbocycles. The molecule has 0 aliphatic heterocycles. The van der Waals surface area contributed by atoms with Crippen LogP contribution in [0.1, 0.15) is 25.7 Å². The van der Waals surface area contributed by atoms with Crippen molar-refractivity contribution in [1.29, 1.82) is 0 Å². The van der Waals surface area contributed by atoms with Crippen molar-refractivity contribution in [3.05, 3.63) is 60.2 Å². The number of hydrogen-bond acceptors (Lipinski definition) is 5. The number of carboxylic acid groups (broad SMARTS) is 1. The second-order valence-electron chi connectivity index (χ2n) is 4.95. The van der Waals surface area contributed by atoms with E-state index in [0.717, 1.165) is 0 Å². The summed E-state index contributed by atoms with van der Waals surface area (Å²) in [5.74, 6) is -1.75. The van der Waals surface area contributed by atoms with Gasteiger partial charge >= 0.3 is 5.97 Å². The number of H-pyrrole nitrogens is 1. The molecule has 1 aromatic carbocycles. The average Bonchev–Trinajstić information content (AvgIpc) is 3.09. The van der Waals surface area contributed by atoms with E-state index in [9.17, 15) is 14.4 Å². The quantitative estimate of drug-likeness (QED) is 0.626. The number of amides is 1. The van der Waals surface area contributed by atoms with Gasteiger partial charge in [-0.05, 0) is 12.1 Å². The predicted molar refractivity (Wildman–Crippen MR) is 94.8 cm³/mol. The van der Waals surface area contributed by atoms with Crippen LogP contribution in [0.5, 0.6) is 0 Å². The van der Waals surface area contributed by atoms with Crippen LogP contribution in [-0.2, 0) is 6.54 Å². The van der Waals surface area contributed by atoms with Gasteiger partial charge in [0.15, 0.2) is 5.01 Å². The number of halogens is 2. The lowest BCUT2D eigenvalue weighted by Crippen LogP contribution is -2.24. The molecular formula is C15H9Cl2N3O4S. The van der Waals surface area contributed by atoms with Crippen LogP contribution in [0.15, 0.2) is 28.5 Å². The van der Waals surface area contributed by atoms with Gasteiger partial charge in [-0.2, -0.15) is 0 Å². The second-order valence-corrected chi connectivity index (χ2v) is 6.63. The molecule has 1 amide bonds. The zero-order valence-corrected chi connectivity index (χ0v) is 14.6. The lowest BCUT2D eigenvalue weighted by atomic mass is 10.1. The largest absolute Gasteiger partial charge is 0.477 e. The Morgan fingerprint density at radius 2 is 2.08 bits per heavy atom. The van der Waals surface area contributed by atoms with Crippen molar-refractivity contribution in [3.8, 4) is 0 Å². The number of nitrogens with zero attached hydrogens (tertiary/aromatic N) is 1. The number of aromatic carboxylic acids is 1. The minimum Gasteiger partial charge on any atom is -0.477 e. The first-order valence-electron chi connectivity index (χ1n) is 6.83. The van der Waals surface area contributed by atoms with Gasteiger partial charge in [0.1, 0.15) is 5.56 Å². The number of thiazole rings is 1. The summed E-state index contributed by atoms with van der Waals surface area (Å²) >= 11 is 13.5. The summed E-state index contributed by atoms with van der Waals surface area (Å²) in [6.07, 6.45) is 1.51. The molecule has 128 valence electrons. The third-order valence-corrected chi connectivity index (χ3v) is 5.01. The third-order valence-electron chi connectivity index (χ3n) is 3.41. The number of rotatable bonds is 4. The molecule has 7 nitrogen and oxygen atoms in total. The van der Waals surface area contributed by atoms with E-state index in [4.69, 9.17) is 28.3 Å². The second kappa shape index (κ2) is 6.83. The fourth-order valence-electron chi connectivity index (χ4n) is 2.27. The monoisotopic (exact) mass is 397 g/mol. The fourth-order valence-corrected chi connectivity index (χ4v) is 3.27. The van der Waals surface area contributed by atoms with Crippen LogP contribution in [0.2, 0.25) is 10.0 Å². The summed E-state index contributed by atoms with van der Waals surface area (Å²) in [7, 11) is 0. The molecule has 25 heavy (non-hydrogen) atoms. The Hall–Kier alpha value is -2.42. The smallest absolute Gasteiger partial charge is 0.341 e. The van der Waals surface area contributed by atoms with Crippen molar-refractivity contribution in [3.63, 3.8) is 0 Å². The van der Waals surface area contributed by atoms with Crippen molar-refractivity contribution >= 4 is 57.3 Å². The molecule has 0 saturated heterocycles. The maximum Gasteiger partial charge on any atom is 0.341 e. The molecule has 0 aliphatic rings. The lowest BCUT2D eigenvalue weighted by Gasteiger charge is -2.12. The van der Waals surface area contributed by atoms with E-state index < -0.39 is 23.0 Å². The molecule has 3 N–H and O–H groups in total. The number of carbonyl (C=O) groups excluding carboxylic acids is 1. The fraction of sp³-hybridized carbons (Fsp3) is 0.0667. The van der Waals surface area contributed by atoms with Gasteiger partial charge < -0.3 is 15.4 Å². The van der Waals surface area contributed by atoms with Crippen LogP contribution in [0.4, 0.5) is 0 Å². The number of aromatic amines is 1. The van der Waals surface area contributed by atoms with E-state index in [1.54, 1.807) is 5.38 Å². The topological polar surface area (TPSA) is 112 Å². The standard InChI is InChI=1S/C15H9Cl2N3O4S/c16-9-4-6-3-7(15(23)24)12(21)20-11(6)8(10(9)17)5-19-13(22)14-18-1-2-25-14/h1-4H,5H2,(H,19,22)(H,20,21)(H,23,24). The van der Waals surface area contributed by atoms with Crippen LogP contribution in [-0.4, -0.2) is 27.0 Å². The van der Waals surface area contributed by atoms with Crippen molar-refractivity contribution in [2.45, 2.75) is 6.54 Å². The zero-order chi connectivity index (χ0) is 18.1. The molecule has 0 fully saturated rings. The van der Waals surface area contributed by atoms with Gasteiger partial charge in [-0.3, -0.25) is 9.59 Å². The minimum atomic E-state index is -1.35. The molecule has 10 heteroatoms. The first-order chi connectivity index (χ1) is 11.9. The van der Waals surface area contributed by atoms with E-state index in [0.29, 0.717) is 16.5 Å². The van der Waals surface area contributed by atoms with E-state index in [1.807, 2.05) is 0 Å². The number of hydrogen-bond donors (Lipinski definition) is 3. The summed E-state index contributed by atoms with van der Waals surface area (Å²) in [5.41, 5.74) is -0.499. The Kier molecular flexibility index (Phi) is 4.76. The van der Waals surface area contributed by atoms with Gasteiger partial charge in [0.2, 0.25) is 0 Å². The van der Waals surface area contributed by atoms with Crippen LogP contribution in [0.25, 0.3) is 10.9 Å². The van der Waals surface area contributed by atoms with Crippen LogP contribution in [0.3, 0.4) is 0 Å². The average molecular weight is 398 g/mol. The van der Waals surface area contributed by atoms with E-state index in [-0.39, 0.29) is 21.6 Å². The molecule has 0 unspecified atom stereocenters. The van der Waals surface area contributed by atoms with Gasteiger partial charge in [-0.1, -0.05) is 23.2 Å². The van der Waals surface area contributed by atoms with Gasteiger partial charge in [-0.15, -0.1) is 11.3 Å². The Labute approximate surface area is 154 Å². The summed E-state index contributed by atoms with van der Waals surface area (Å²) in [5, 5.41) is 14.4. The molecule has 2 aromatic heterocycles. The number of carboxylic acids is 1. The normalized spacial score (nSPS) is 10.8. The van der Waals surface area contributed by atoms with Crippen LogP contribution in [0, 0.1) is 0 Å². The highest BCUT2D eigenvalue weighted by Crippen LogP contribution is 2.32. The van der Waals surface area contributed by atoms with Crippen molar-refractivity contribution < 1.29 is 14.7 Å². The lowest BCUT2D eigenvalue weighted by molar-refractivity contribution is 0.0695. The van der Waals surface area contributed by atoms with Gasteiger partial charge in [-0.25, -0.2) is 9.78 Å². The van der Waals surface area contributed by atoms with Crippen molar-refractivity contribution in [2.24, 2.45) is 0 Å². The van der Waals surface area contributed by atoms with E-state index >= 15 is 0 Å². The molecule has 0 radical (unpaired) electrons. The Balaban J connectivity index is 2.05. The first-order valence-corrected chi connectivity index (χ1v) is 8.47. The number of aromatic nitrogens is 2. The predicted octanol–water partition coefficient (Wildman–Crippen LogP) is 2.92. The molecular weight excluding hydrogens is 389 g/mol. The number of fused-ring (bicyclic) bond motifs is 1. The third kappa shape index (κ3) is 3.37. The minimum absolute atomic E-state index is 0.0172. The van der Waals surface area contributed by atoms with Crippen LogP contribution >= 0.6 is 34.5 Å². The highest BCUT2D eigenvalue weighted by Gasteiger charge is 2.17. The highest BCUT2D eigenvalue weighted by molar-refractivity contribution is 7.11. The number of benzene rings is 1. The zero-order valence-electron chi connectivity index (χ0n) is 12.3. The van der Waals surface area contributed by atoms with Gasteiger partial charge in [0.25, 0.3) is 11.5 Å². The van der Waals surface area contributed by atoms with E-state index in [2.05, 4.69) is 15.3 Å². The van der Waals surface area contributed by atoms with Gasteiger partial charge in [0, 0.05) is 29.1 Å². The number of pyridine rings is 1. The molecule has 0 bridgehead atoms. The first kappa shape index (κ1) is 17.4. The molecule has 0 atom stereocenters. The van der Waals surface area contributed by atoms with Crippen LogP contribution < -0.4 is 10.9 Å². The molecule has 2 heterocycles. The van der Waals surface area contributed by atoms with Gasteiger partial charge in [0.05, 0.1) is 15.6 Å².